The number of benzene rings is 1. The van der Waals surface area contributed by atoms with E-state index >= 15 is 0 Å². The Labute approximate surface area is 175 Å². The number of hydrogen-bond donors (Lipinski definition) is 1. The number of hydrogen-bond acceptors (Lipinski definition) is 5. The fourth-order valence-electron chi connectivity index (χ4n) is 3.94. The van der Waals surface area contributed by atoms with Gasteiger partial charge in [0.05, 0.1) is 12.3 Å². The highest BCUT2D eigenvalue weighted by Crippen LogP contribution is 2.27. The molecular weight excluding hydrogens is 389 g/mol. The maximum absolute atomic E-state index is 13.5. The zero-order chi connectivity index (χ0) is 21.7. The predicted molar refractivity (Wildman–Crippen MR) is 108 cm³/mol. The van der Waals surface area contributed by atoms with Gasteiger partial charge in [0.2, 0.25) is 5.91 Å². The lowest BCUT2D eigenvalue weighted by atomic mass is 10.0. The highest BCUT2D eigenvalue weighted by molar-refractivity contribution is 5.99. The Kier molecular flexibility index (Phi) is 7.20. The van der Waals surface area contributed by atoms with Gasteiger partial charge in [0, 0.05) is 19.7 Å². The summed E-state index contributed by atoms with van der Waals surface area (Å²) in [5.74, 6) is -0.688. The summed E-state index contributed by atoms with van der Waals surface area (Å²) in [5.41, 5.74) is 1.31. The summed E-state index contributed by atoms with van der Waals surface area (Å²) < 4.78 is 23.9. The fraction of sp³-hybridized carbons (Fsp3) is 0.500. The smallest absolute Gasteiger partial charge is 0.260 e. The van der Waals surface area contributed by atoms with Crippen LogP contribution in [-0.2, 0) is 9.53 Å². The van der Waals surface area contributed by atoms with E-state index in [1.807, 2.05) is 0 Å². The van der Waals surface area contributed by atoms with E-state index < -0.39 is 11.9 Å². The first-order chi connectivity index (χ1) is 14.4. The average molecular weight is 417 g/mol. The first kappa shape index (κ1) is 22.0. The van der Waals surface area contributed by atoms with E-state index in [0.717, 1.165) is 25.7 Å². The standard InChI is InChI=1S/C22H28FN3O4/c1-14-19(15(2)30-25-14)22(28)26(12-13-29-3)20(16-8-10-17(23)11-9-16)21(27)24-18-6-4-5-7-18/h8-11,18,20H,4-7,12-13H2,1-3H3,(H,24,27). The number of carbonyl (C=O) groups is 2. The van der Waals surface area contributed by atoms with Crippen molar-refractivity contribution in [3.63, 3.8) is 0 Å². The quantitative estimate of drug-likeness (QED) is 0.712. The molecule has 1 aromatic heterocycles. The molecule has 1 fully saturated rings. The van der Waals surface area contributed by atoms with Crippen LogP contribution in [0.25, 0.3) is 0 Å². The number of nitrogens with zero attached hydrogens (tertiary/aromatic N) is 2. The molecule has 0 spiro atoms. The molecule has 3 rings (SSSR count). The molecule has 162 valence electrons. The molecule has 1 aromatic carbocycles. The molecule has 0 bridgehead atoms. The Balaban J connectivity index is 1.99. The average Bonchev–Trinajstić information content (AvgIpc) is 3.35. The molecule has 1 saturated carbocycles. The van der Waals surface area contributed by atoms with E-state index in [1.165, 1.54) is 36.3 Å². The molecule has 30 heavy (non-hydrogen) atoms. The van der Waals surface area contributed by atoms with Crippen molar-refractivity contribution in [2.75, 3.05) is 20.3 Å². The summed E-state index contributed by atoms with van der Waals surface area (Å²) in [6.07, 6.45) is 3.96. The molecular formula is C22H28FN3O4. The SMILES string of the molecule is COCCN(C(=O)c1c(C)noc1C)C(C(=O)NC1CCCC1)c1ccc(F)cc1. The Morgan fingerprint density at radius 3 is 2.50 bits per heavy atom. The van der Waals surface area contributed by atoms with Gasteiger partial charge in [0.1, 0.15) is 23.2 Å². The van der Waals surface area contributed by atoms with Gasteiger partial charge in [-0.25, -0.2) is 4.39 Å². The van der Waals surface area contributed by atoms with E-state index in [1.54, 1.807) is 13.8 Å². The molecule has 7 nitrogen and oxygen atoms in total. The maximum Gasteiger partial charge on any atom is 0.260 e. The number of aromatic nitrogens is 1. The van der Waals surface area contributed by atoms with E-state index in [-0.39, 0.29) is 31.0 Å². The Morgan fingerprint density at radius 1 is 1.27 bits per heavy atom. The van der Waals surface area contributed by atoms with Gasteiger partial charge in [-0.05, 0) is 44.4 Å². The van der Waals surface area contributed by atoms with Gasteiger partial charge in [0.15, 0.2) is 0 Å². The summed E-state index contributed by atoms with van der Waals surface area (Å²) in [6.45, 7) is 3.76. The number of nitrogens with one attached hydrogen (secondary N) is 1. The number of halogens is 1. The number of aryl methyl sites for hydroxylation is 2. The second-order valence-electron chi connectivity index (χ2n) is 7.63. The zero-order valence-corrected chi connectivity index (χ0v) is 17.6. The second-order valence-corrected chi connectivity index (χ2v) is 7.63. The number of amides is 2. The lowest BCUT2D eigenvalue weighted by Crippen LogP contribution is -2.47. The van der Waals surface area contributed by atoms with Crippen molar-refractivity contribution in [2.24, 2.45) is 0 Å². The molecule has 1 N–H and O–H groups in total. The van der Waals surface area contributed by atoms with Crippen LogP contribution in [0.5, 0.6) is 0 Å². The minimum absolute atomic E-state index is 0.0823. The van der Waals surface area contributed by atoms with Crippen LogP contribution < -0.4 is 5.32 Å². The van der Waals surface area contributed by atoms with Crippen molar-refractivity contribution < 1.29 is 23.2 Å². The molecule has 0 aliphatic heterocycles. The first-order valence-electron chi connectivity index (χ1n) is 10.2. The third kappa shape index (κ3) is 4.87. The summed E-state index contributed by atoms with van der Waals surface area (Å²) in [5, 5.41) is 6.94. The molecule has 2 aromatic rings. The van der Waals surface area contributed by atoms with Gasteiger partial charge in [-0.2, -0.15) is 0 Å². The lowest BCUT2D eigenvalue weighted by Gasteiger charge is -2.32. The molecule has 0 saturated heterocycles. The van der Waals surface area contributed by atoms with Crippen molar-refractivity contribution in [1.29, 1.82) is 0 Å². The second kappa shape index (κ2) is 9.84. The molecule has 0 radical (unpaired) electrons. The minimum Gasteiger partial charge on any atom is -0.383 e. The topological polar surface area (TPSA) is 84.7 Å². The highest BCUT2D eigenvalue weighted by atomic mass is 19.1. The van der Waals surface area contributed by atoms with Crippen LogP contribution in [0.1, 0.15) is 59.1 Å². The molecule has 1 unspecified atom stereocenters. The third-order valence-electron chi connectivity index (χ3n) is 5.49. The molecule has 1 aliphatic rings. The summed E-state index contributed by atoms with van der Waals surface area (Å²) in [4.78, 5) is 28.3. The molecule has 1 aliphatic carbocycles. The van der Waals surface area contributed by atoms with E-state index in [2.05, 4.69) is 10.5 Å². The van der Waals surface area contributed by atoms with Gasteiger partial charge in [0.25, 0.3) is 5.91 Å². The molecule has 1 atom stereocenters. The number of methoxy groups -OCH3 is 1. The summed E-state index contributed by atoms with van der Waals surface area (Å²) in [7, 11) is 1.53. The van der Waals surface area contributed by atoms with Crippen LogP contribution >= 0.6 is 0 Å². The van der Waals surface area contributed by atoms with Gasteiger partial charge < -0.3 is 19.5 Å². The van der Waals surface area contributed by atoms with Crippen LogP contribution in [0, 0.1) is 19.7 Å². The predicted octanol–water partition coefficient (Wildman–Crippen LogP) is 3.32. The third-order valence-corrected chi connectivity index (χ3v) is 5.49. The maximum atomic E-state index is 13.5. The van der Waals surface area contributed by atoms with E-state index in [4.69, 9.17) is 9.26 Å². The van der Waals surface area contributed by atoms with Gasteiger partial charge in [-0.15, -0.1) is 0 Å². The van der Waals surface area contributed by atoms with Crippen LogP contribution in [0.3, 0.4) is 0 Å². The fourth-order valence-corrected chi connectivity index (χ4v) is 3.94. The van der Waals surface area contributed by atoms with Crippen LogP contribution in [0.2, 0.25) is 0 Å². The minimum atomic E-state index is -0.928. The highest BCUT2D eigenvalue weighted by Gasteiger charge is 2.35. The number of rotatable bonds is 8. The Bertz CT molecular complexity index is 856. The van der Waals surface area contributed by atoms with Crippen molar-refractivity contribution in [1.82, 2.24) is 15.4 Å². The number of carbonyl (C=O) groups excluding carboxylic acids is 2. The molecule has 8 heteroatoms. The molecule has 1 heterocycles. The van der Waals surface area contributed by atoms with Gasteiger partial charge in [-0.3, -0.25) is 9.59 Å². The van der Waals surface area contributed by atoms with Crippen LogP contribution in [0.15, 0.2) is 28.8 Å². The number of ether oxygens (including phenoxy) is 1. The van der Waals surface area contributed by atoms with Crippen molar-refractivity contribution in [3.05, 3.63) is 52.7 Å². The zero-order valence-electron chi connectivity index (χ0n) is 17.6. The summed E-state index contributed by atoms with van der Waals surface area (Å²) in [6, 6.07) is 4.81. The van der Waals surface area contributed by atoms with Crippen LogP contribution in [0.4, 0.5) is 4.39 Å². The Hall–Kier alpha value is -2.74. The van der Waals surface area contributed by atoms with Gasteiger partial charge >= 0.3 is 0 Å². The Morgan fingerprint density at radius 2 is 1.93 bits per heavy atom. The van der Waals surface area contributed by atoms with Crippen LogP contribution in [-0.4, -0.2) is 48.2 Å². The molecule has 2 amide bonds. The normalized spacial score (nSPS) is 15.2. The van der Waals surface area contributed by atoms with E-state index in [9.17, 15) is 14.0 Å². The summed E-state index contributed by atoms with van der Waals surface area (Å²) >= 11 is 0. The monoisotopic (exact) mass is 417 g/mol. The van der Waals surface area contributed by atoms with E-state index in [0.29, 0.717) is 22.6 Å². The van der Waals surface area contributed by atoms with Gasteiger partial charge in [-0.1, -0.05) is 30.1 Å². The largest absolute Gasteiger partial charge is 0.383 e. The van der Waals surface area contributed by atoms with Crippen molar-refractivity contribution in [3.8, 4) is 0 Å². The van der Waals surface area contributed by atoms with Crippen molar-refractivity contribution >= 4 is 11.8 Å². The van der Waals surface area contributed by atoms with Crippen molar-refractivity contribution in [2.45, 2.75) is 51.6 Å². The first-order valence-corrected chi connectivity index (χ1v) is 10.2. The lowest BCUT2D eigenvalue weighted by molar-refractivity contribution is -0.126.